The van der Waals surface area contributed by atoms with Gasteiger partial charge in [0.2, 0.25) is 0 Å². The van der Waals surface area contributed by atoms with Crippen LogP contribution in [-0.2, 0) is 4.79 Å². The number of anilines is 1. The van der Waals surface area contributed by atoms with Gasteiger partial charge in [0.05, 0.1) is 0 Å². The van der Waals surface area contributed by atoms with Gasteiger partial charge in [0, 0.05) is 12.1 Å². The first kappa shape index (κ1) is 10.8. The van der Waals surface area contributed by atoms with Crippen LogP contribution in [0.3, 0.4) is 0 Å². The smallest absolute Gasteiger partial charge is 0.323 e. The van der Waals surface area contributed by atoms with Crippen molar-refractivity contribution in [3.05, 3.63) is 23.2 Å². The third-order valence-corrected chi connectivity index (χ3v) is 2.27. The van der Waals surface area contributed by atoms with Gasteiger partial charge in [0.1, 0.15) is 12.1 Å². The van der Waals surface area contributed by atoms with Gasteiger partial charge >= 0.3 is 5.97 Å². The van der Waals surface area contributed by atoms with Crippen molar-refractivity contribution < 1.29 is 14.3 Å². The molecular formula is C10H9ClN2O3. The Morgan fingerprint density at radius 2 is 2.38 bits per heavy atom. The fourth-order valence-electron chi connectivity index (χ4n) is 1.32. The number of rotatable bonds is 3. The third-order valence-electron chi connectivity index (χ3n) is 2.04. The standard InChI is InChI=1S/C10H9ClN2O3/c1-13(5-9(14)15)10-12-7-4-6(11)2-3-8(7)16-10/h2-4H,5H2,1H3,(H,14,15). The van der Waals surface area contributed by atoms with Crippen molar-refractivity contribution in [1.29, 1.82) is 0 Å². The number of oxazole rings is 1. The quantitative estimate of drug-likeness (QED) is 0.889. The molecule has 2 aromatic rings. The summed E-state index contributed by atoms with van der Waals surface area (Å²) < 4.78 is 5.38. The first-order valence-corrected chi connectivity index (χ1v) is 4.93. The molecule has 84 valence electrons. The van der Waals surface area contributed by atoms with Gasteiger partial charge in [-0.05, 0) is 18.2 Å². The normalized spacial score (nSPS) is 10.6. The lowest BCUT2D eigenvalue weighted by atomic mass is 10.3. The Kier molecular flexibility index (Phi) is 2.70. The highest BCUT2D eigenvalue weighted by Gasteiger charge is 2.12. The molecule has 0 bridgehead atoms. The molecule has 0 unspecified atom stereocenters. The number of nitrogens with zero attached hydrogens (tertiary/aromatic N) is 2. The van der Waals surface area contributed by atoms with E-state index in [1.165, 1.54) is 4.90 Å². The summed E-state index contributed by atoms with van der Waals surface area (Å²) in [6, 6.07) is 5.32. The monoisotopic (exact) mass is 240 g/mol. The summed E-state index contributed by atoms with van der Waals surface area (Å²) in [5.74, 6) is -0.942. The van der Waals surface area contributed by atoms with Crippen LogP contribution in [0.2, 0.25) is 5.02 Å². The molecule has 0 radical (unpaired) electrons. The predicted molar refractivity (Wildman–Crippen MR) is 59.9 cm³/mol. The van der Waals surface area contributed by atoms with E-state index in [2.05, 4.69) is 4.98 Å². The highest BCUT2D eigenvalue weighted by molar-refractivity contribution is 6.31. The van der Waals surface area contributed by atoms with Crippen LogP contribution in [0.1, 0.15) is 0 Å². The van der Waals surface area contributed by atoms with Crippen LogP contribution < -0.4 is 4.90 Å². The fourth-order valence-corrected chi connectivity index (χ4v) is 1.49. The molecule has 0 saturated heterocycles. The lowest BCUT2D eigenvalue weighted by Gasteiger charge is -2.09. The van der Waals surface area contributed by atoms with Crippen molar-refractivity contribution in [2.75, 3.05) is 18.5 Å². The minimum atomic E-state index is -0.942. The molecule has 5 nitrogen and oxygen atoms in total. The Labute approximate surface area is 96.2 Å². The second-order valence-electron chi connectivity index (χ2n) is 3.36. The number of hydrogen-bond acceptors (Lipinski definition) is 4. The van der Waals surface area contributed by atoms with E-state index < -0.39 is 5.97 Å². The van der Waals surface area contributed by atoms with Crippen molar-refractivity contribution in [1.82, 2.24) is 4.98 Å². The van der Waals surface area contributed by atoms with E-state index in [0.717, 1.165) is 0 Å². The Balaban J connectivity index is 2.35. The van der Waals surface area contributed by atoms with Crippen LogP contribution in [0.5, 0.6) is 0 Å². The van der Waals surface area contributed by atoms with Crippen LogP contribution in [0, 0.1) is 0 Å². The third kappa shape index (κ3) is 2.09. The minimum Gasteiger partial charge on any atom is -0.480 e. The Morgan fingerprint density at radius 1 is 1.62 bits per heavy atom. The maximum absolute atomic E-state index is 10.5. The summed E-state index contributed by atoms with van der Waals surface area (Å²) in [5, 5.41) is 9.20. The lowest BCUT2D eigenvalue weighted by Crippen LogP contribution is -2.25. The summed E-state index contributed by atoms with van der Waals surface area (Å²) in [6.07, 6.45) is 0. The Morgan fingerprint density at radius 3 is 3.06 bits per heavy atom. The first-order valence-electron chi connectivity index (χ1n) is 4.55. The average molecular weight is 241 g/mol. The zero-order valence-electron chi connectivity index (χ0n) is 8.48. The maximum Gasteiger partial charge on any atom is 0.323 e. The van der Waals surface area contributed by atoms with Crippen molar-refractivity contribution in [3.63, 3.8) is 0 Å². The zero-order chi connectivity index (χ0) is 11.7. The van der Waals surface area contributed by atoms with Gasteiger partial charge in [-0.15, -0.1) is 0 Å². The van der Waals surface area contributed by atoms with Gasteiger partial charge in [0.15, 0.2) is 5.58 Å². The van der Waals surface area contributed by atoms with Crippen molar-refractivity contribution >= 4 is 34.7 Å². The number of carbonyl (C=O) groups is 1. The molecule has 0 aliphatic heterocycles. The second kappa shape index (κ2) is 4.02. The number of carboxylic acid groups (broad SMARTS) is 1. The average Bonchev–Trinajstić information content (AvgIpc) is 2.59. The molecule has 0 saturated carbocycles. The van der Waals surface area contributed by atoms with E-state index in [1.54, 1.807) is 25.2 Å². The topological polar surface area (TPSA) is 66.6 Å². The number of carboxylic acids is 1. The maximum atomic E-state index is 10.5. The van der Waals surface area contributed by atoms with Gasteiger partial charge in [-0.2, -0.15) is 4.98 Å². The van der Waals surface area contributed by atoms with Gasteiger partial charge in [-0.3, -0.25) is 4.79 Å². The molecule has 1 aromatic heterocycles. The van der Waals surface area contributed by atoms with Crippen LogP contribution in [0.4, 0.5) is 6.01 Å². The molecule has 0 aliphatic carbocycles. The number of fused-ring (bicyclic) bond motifs is 1. The van der Waals surface area contributed by atoms with E-state index in [-0.39, 0.29) is 12.6 Å². The zero-order valence-corrected chi connectivity index (χ0v) is 9.23. The predicted octanol–water partition coefficient (Wildman–Crippen LogP) is 2.00. The van der Waals surface area contributed by atoms with Crippen LogP contribution in [0.15, 0.2) is 22.6 Å². The molecule has 6 heteroatoms. The molecule has 0 spiro atoms. The van der Waals surface area contributed by atoms with Crippen molar-refractivity contribution in [2.24, 2.45) is 0 Å². The fraction of sp³-hybridized carbons (Fsp3) is 0.200. The first-order chi connectivity index (χ1) is 7.56. The molecule has 1 N–H and O–H groups in total. The Bertz CT molecular complexity index is 538. The number of aromatic nitrogens is 1. The van der Waals surface area contributed by atoms with E-state index in [0.29, 0.717) is 16.1 Å². The highest BCUT2D eigenvalue weighted by atomic mass is 35.5. The summed E-state index contributed by atoms with van der Waals surface area (Å²) in [7, 11) is 1.60. The van der Waals surface area contributed by atoms with E-state index in [9.17, 15) is 4.79 Å². The molecule has 1 aromatic carbocycles. The summed E-state index contributed by atoms with van der Waals surface area (Å²) in [6.45, 7) is -0.166. The molecule has 0 aliphatic rings. The van der Waals surface area contributed by atoms with Gasteiger partial charge in [-0.25, -0.2) is 0 Å². The molecule has 0 atom stereocenters. The second-order valence-corrected chi connectivity index (χ2v) is 3.79. The molecule has 0 amide bonds. The molecule has 1 heterocycles. The van der Waals surface area contributed by atoms with E-state index in [1.807, 2.05) is 0 Å². The van der Waals surface area contributed by atoms with Gasteiger partial charge in [-0.1, -0.05) is 11.6 Å². The van der Waals surface area contributed by atoms with E-state index in [4.69, 9.17) is 21.1 Å². The molecule has 0 fully saturated rings. The van der Waals surface area contributed by atoms with E-state index >= 15 is 0 Å². The van der Waals surface area contributed by atoms with Gasteiger partial charge < -0.3 is 14.4 Å². The van der Waals surface area contributed by atoms with Crippen LogP contribution in [-0.4, -0.2) is 29.7 Å². The Hall–Kier alpha value is -1.75. The van der Waals surface area contributed by atoms with Crippen molar-refractivity contribution in [3.8, 4) is 0 Å². The summed E-state index contributed by atoms with van der Waals surface area (Å²) in [5.41, 5.74) is 1.19. The van der Waals surface area contributed by atoms with Crippen molar-refractivity contribution in [2.45, 2.75) is 0 Å². The summed E-state index contributed by atoms with van der Waals surface area (Å²) in [4.78, 5) is 16.1. The molecule has 16 heavy (non-hydrogen) atoms. The summed E-state index contributed by atoms with van der Waals surface area (Å²) >= 11 is 5.80. The molecular weight excluding hydrogens is 232 g/mol. The van der Waals surface area contributed by atoms with Crippen LogP contribution >= 0.6 is 11.6 Å². The molecule has 2 rings (SSSR count). The number of likely N-dealkylation sites (N-methyl/N-ethyl adjacent to an activating group) is 1. The largest absolute Gasteiger partial charge is 0.480 e. The minimum absolute atomic E-state index is 0.166. The number of halogens is 1. The SMILES string of the molecule is CN(CC(=O)O)c1nc2cc(Cl)ccc2o1. The number of benzene rings is 1. The number of aliphatic carboxylic acids is 1. The highest BCUT2D eigenvalue weighted by Crippen LogP contribution is 2.23. The van der Waals surface area contributed by atoms with Gasteiger partial charge in [0.25, 0.3) is 6.01 Å². The lowest BCUT2D eigenvalue weighted by molar-refractivity contribution is -0.135. The van der Waals surface area contributed by atoms with Crippen LogP contribution in [0.25, 0.3) is 11.1 Å². The number of hydrogen-bond donors (Lipinski definition) is 1.